The smallest absolute Gasteiger partial charge is 0.337 e. The first-order chi connectivity index (χ1) is 10.7. The number of benzene rings is 2. The van der Waals surface area contributed by atoms with Crippen LogP contribution in [0.3, 0.4) is 0 Å². The van der Waals surface area contributed by atoms with E-state index in [4.69, 9.17) is 0 Å². The first kappa shape index (κ1) is 18.4. The molecular weight excluding hydrogens is 566 g/mol. The third-order valence-corrected chi connectivity index (χ3v) is 7.60. The van der Waals surface area contributed by atoms with Crippen molar-refractivity contribution in [3.8, 4) is 5.75 Å². The monoisotopic (exact) mass is 569 g/mol. The van der Waals surface area contributed by atoms with Gasteiger partial charge >= 0.3 is 5.97 Å². The summed E-state index contributed by atoms with van der Waals surface area (Å²) in [7, 11) is 0. The molecule has 0 heterocycles. The molecule has 0 saturated carbocycles. The van der Waals surface area contributed by atoms with Crippen molar-refractivity contribution in [1.82, 2.24) is 0 Å². The molecule has 0 aliphatic carbocycles. The summed E-state index contributed by atoms with van der Waals surface area (Å²) in [5.74, 6) is -1.79. The molecule has 23 heavy (non-hydrogen) atoms. The predicted molar refractivity (Wildman–Crippen MR) is 100 cm³/mol. The van der Waals surface area contributed by atoms with Crippen LogP contribution < -0.4 is 5.32 Å². The van der Waals surface area contributed by atoms with Crippen LogP contribution in [-0.4, -0.2) is 22.1 Å². The summed E-state index contributed by atoms with van der Waals surface area (Å²) in [6.07, 6.45) is 0. The average molecular weight is 573 g/mol. The molecule has 0 bridgehead atoms. The lowest BCUT2D eigenvalue weighted by molar-refractivity contribution is 0.0691. The molecule has 5 nitrogen and oxygen atoms in total. The molecule has 9 heteroatoms. The van der Waals surface area contributed by atoms with Gasteiger partial charge in [0, 0.05) is 23.6 Å². The molecule has 0 aliphatic rings. The predicted octanol–water partition coefficient (Wildman–Crippen LogP) is 5.39. The van der Waals surface area contributed by atoms with Crippen molar-refractivity contribution in [2.45, 2.75) is 0 Å². The first-order valence-electron chi connectivity index (χ1n) is 5.93. The van der Waals surface area contributed by atoms with Crippen molar-refractivity contribution in [3.05, 3.63) is 53.3 Å². The van der Waals surface area contributed by atoms with Crippen LogP contribution in [0.25, 0.3) is 0 Å². The Kier molecular flexibility index (Phi) is 5.88. The Bertz CT molecular complexity index is 806. The highest BCUT2D eigenvalue weighted by Gasteiger charge is 2.27. The number of carboxylic acids is 1. The van der Waals surface area contributed by atoms with E-state index in [1.165, 1.54) is 24.3 Å². The maximum atomic E-state index is 12.5. The summed E-state index contributed by atoms with van der Waals surface area (Å²) in [5, 5.41) is 21.3. The number of rotatable bonds is 3. The molecule has 0 saturated heterocycles. The summed E-state index contributed by atoms with van der Waals surface area (Å²) < 4.78 is 1.53. The lowest BCUT2D eigenvalue weighted by Crippen LogP contribution is -2.18. The molecule has 2 aromatic carbocycles. The van der Waals surface area contributed by atoms with E-state index in [9.17, 15) is 19.8 Å². The Morgan fingerprint density at radius 3 is 1.78 bits per heavy atom. The van der Waals surface area contributed by atoms with Gasteiger partial charge in [0.2, 0.25) is 0 Å². The molecule has 2 aromatic rings. The Hall–Kier alpha value is -0.900. The van der Waals surface area contributed by atoms with E-state index >= 15 is 0 Å². The fourth-order valence-corrected chi connectivity index (χ4v) is 4.25. The van der Waals surface area contributed by atoms with E-state index in [1.807, 2.05) is 0 Å². The molecule has 0 aromatic heterocycles. The van der Waals surface area contributed by atoms with Crippen molar-refractivity contribution in [2.75, 3.05) is 5.32 Å². The molecule has 3 N–H and O–H groups in total. The molecule has 120 valence electrons. The third kappa shape index (κ3) is 3.78. The van der Waals surface area contributed by atoms with E-state index in [-0.39, 0.29) is 21.3 Å². The summed E-state index contributed by atoms with van der Waals surface area (Å²) in [6.45, 7) is 0. The highest BCUT2D eigenvalue weighted by Crippen LogP contribution is 2.42. The number of nitrogens with one attached hydrogen (secondary N) is 1. The van der Waals surface area contributed by atoms with Crippen LogP contribution in [0.1, 0.15) is 20.7 Å². The van der Waals surface area contributed by atoms with Crippen LogP contribution in [0, 0.1) is 0 Å². The van der Waals surface area contributed by atoms with E-state index < -0.39 is 11.9 Å². The molecule has 1 amide bonds. The number of hydrogen-bond acceptors (Lipinski definition) is 3. The van der Waals surface area contributed by atoms with Gasteiger partial charge in [0.1, 0.15) is 5.75 Å². The zero-order chi connectivity index (χ0) is 17.3. The van der Waals surface area contributed by atoms with Crippen molar-refractivity contribution in [1.29, 1.82) is 0 Å². The van der Waals surface area contributed by atoms with Gasteiger partial charge in [-0.2, -0.15) is 0 Å². The normalized spacial score (nSPS) is 10.4. The number of phenols is 1. The average Bonchev–Trinajstić information content (AvgIpc) is 2.50. The van der Waals surface area contributed by atoms with Gasteiger partial charge in [-0.1, -0.05) is 0 Å². The number of carbonyl (C=O) groups excluding carboxylic acids is 1. The molecule has 0 atom stereocenters. The van der Waals surface area contributed by atoms with Crippen LogP contribution in [0.15, 0.2) is 42.2 Å². The number of phenolic OH excluding ortho intramolecular Hbond substituents is 1. The van der Waals surface area contributed by atoms with Gasteiger partial charge < -0.3 is 15.5 Å². The number of anilines is 1. The summed E-state index contributed by atoms with van der Waals surface area (Å²) in [5.41, 5.74) is 0.210. The first-order valence-corrected chi connectivity index (χ1v) is 9.10. The van der Waals surface area contributed by atoms with Gasteiger partial charge in [-0.25, -0.2) is 4.79 Å². The second kappa shape index (κ2) is 7.33. The Morgan fingerprint density at radius 2 is 1.30 bits per heavy atom. The summed E-state index contributed by atoms with van der Waals surface area (Å²) >= 11 is 13.0. The molecule has 0 aliphatic heterocycles. The van der Waals surface area contributed by atoms with Crippen LogP contribution in [0.5, 0.6) is 5.75 Å². The molecule has 0 unspecified atom stereocenters. The number of hydrogen-bond donors (Lipinski definition) is 3. The quantitative estimate of drug-likeness (QED) is 0.261. The van der Waals surface area contributed by atoms with E-state index in [0.29, 0.717) is 19.1 Å². The Balaban J connectivity index is 2.55. The van der Waals surface area contributed by atoms with Crippen molar-refractivity contribution in [3.63, 3.8) is 0 Å². The standard InChI is InChI=1S/C14H7Br4NO4/c15-9-7(8(14(22)23)10(16)12(18)11(9)17)13(21)19-5-1-3-6(20)4-2-5/h1-4,20H,(H,19,21)(H,22,23). The second-order valence-corrected chi connectivity index (χ2v) is 7.48. The van der Waals surface area contributed by atoms with Crippen molar-refractivity contribution in [2.24, 2.45) is 0 Å². The molecular formula is C14H7Br4NO4. The Labute approximate surface area is 164 Å². The minimum Gasteiger partial charge on any atom is -0.508 e. The van der Waals surface area contributed by atoms with Crippen LogP contribution in [0.2, 0.25) is 0 Å². The highest BCUT2D eigenvalue weighted by molar-refractivity contribution is 9.15. The lowest BCUT2D eigenvalue weighted by atomic mass is 10.1. The minimum atomic E-state index is -1.25. The van der Waals surface area contributed by atoms with Gasteiger partial charge in [0.15, 0.2) is 0 Å². The number of amides is 1. The maximum absolute atomic E-state index is 12.5. The summed E-state index contributed by atoms with van der Waals surface area (Å²) in [4.78, 5) is 24.1. The van der Waals surface area contributed by atoms with Crippen LogP contribution in [-0.2, 0) is 0 Å². The molecule has 0 fully saturated rings. The molecule has 0 radical (unpaired) electrons. The number of aromatic hydroxyl groups is 1. The van der Waals surface area contributed by atoms with E-state index in [0.717, 1.165) is 0 Å². The van der Waals surface area contributed by atoms with Gasteiger partial charge in [0.05, 0.1) is 11.1 Å². The van der Waals surface area contributed by atoms with Gasteiger partial charge in [-0.3, -0.25) is 4.79 Å². The number of carboxylic acid groups (broad SMARTS) is 1. The zero-order valence-electron chi connectivity index (χ0n) is 11.0. The van der Waals surface area contributed by atoms with Crippen LogP contribution in [0.4, 0.5) is 5.69 Å². The highest BCUT2D eigenvalue weighted by atomic mass is 79.9. The molecule has 0 spiro atoms. The van der Waals surface area contributed by atoms with E-state index in [2.05, 4.69) is 69.0 Å². The summed E-state index contributed by atoms with van der Waals surface area (Å²) in [6, 6.07) is 5.83. The van der Waals surface area contributed by atoms with E-state index in [1.54, 1.807) is 0 Å². The third-order valence-electron chi connectivity index (χ3n) is 2.83. The largest absolute Gasteiger partial charge is 0.508 e. The topological polar surface area (TPSA) is 86.6 Å². The second-order valence-electron chi connectivity index (χ2n) is 4.31. The number of carbonyl (C=O) groups is 2. The van der Waals surface area contributed by atoms with Gasteiger partial charge in [0.25, 0.3) is 5.91 Å². The lowest BCUT2D eigenvalue weighted by Gasteiger charge is -2.14. The SMILES string of the molecule is O=C(O)c1c(Br)c(Br)c(Br)c(Br)c1C(=O)Nc1ccc(O)cc1. The van der Waals surface area contributed by atoms with Crippen LogP contribution >= 0.6 is 63.7 Å². The maximum Gasteiger partial charge on any atom is 0.337 e. The van der Waals surface area contributed by atoms with Gasteiger partial charge in [-0.15, -0.1) is 0 Å². The number of aromatic carboxylic acids is 1. The fourth-order valence-electron chi connectivity index (χ4n) is 1.78. The zero-order valence-corrected chi connectivity index (χ0v) is 17.4. The number of halogens is 4. The fraction of sp³-hybridized carbons (Fsp3) is 0. The van der Waals surface area contributed by atoms with Crippen molar-refractivity contribution < 1.29 is 19.8 Å². The Morgan fingerprint density at radius 1 is 0.826 bits per heavy atom. The molecule has 2 rings (SSSR count). The van der Waals surface area contributed by atoms with Crippen molar-refractivity contribution >= 4 is 81.3 Å². The van der Waals surface area contributed by atoms with Gasteiger partial charge in [-0.05, 0) is 88.0 Å². The minimum absolute atomic E-state index is 0.0347.